The van der Waals surface area contributed by atoms with Gasteiger partial charge in [-0.15, -0.1) is 6.42 Å². The lowest BCUT2D eigenvalue weighted by Gasteiger charge is -2.18. The van der Waals surface area contributed by atoms with Crippen molar-refractivity contribution in [2.45, 2.75) is 13.3 Å². The molecule has 4 heteroatoms. The maximum atomic E-state index is 11.9. The molecule has 0 bridgehead atoms. The van der Waals surface area contributed by atoms with Gasteiger partial charge in [0, 0.05) is 6.54 Å². The molecule has 0 aliphatic carbocycles. The molecule has 1 rings (SSSR count). The Morgan fingerprint density at radius 2 is 2.40 bits per heavy atom. The number of terminal acetylenes is 1. The molecule has 0 saturated carbocycles. The van der Waals surface area contributed by atoms with Crippen molar-refractivity contribution in [1.29, 1.82) is 0 Å². The number of carbonyl (C=O) groups excluding carboxylic acids is 1. The standard InChI is InChI=1S/C11H13N3O/c1-3-7-14(8-4-2)11(15)10-5-6-12-13-9-10/h1,5-6,9H,4,7-8H2,2H3. The largest absolute Gasteiger partial charge is 0.327 e. The molecule has 0 radical (unpaired) electrons. The van der Waals surface area contributed by atoms with E-state index in [-0.39, 0.29) is 5.91 Å². The Kier molecular flexibility index (Phi) is 4.30. The molecule has 0 atom stereocenters. The lowest BCUT2D eigenvalue weighted by Crippen LogP contribution is -2.32. The van der Waals surface area contributed by atoms with Gasteiger partial charge in [-0.1, -0.05) is 12.8 Å². The lowest BCUT2D eigenvalue weighted by molar-refractivity contribution is 0.0776. The highest BCUT2D eigenvalue weighted by Gasteiger charge is 2.13. The first-order valence-corrected chi connectivity index (χ1v) is 4.79. The van der Waals surface area contributed by atoms with Crippen LogP contribution in [-0.4, -0.2) is 34.1 Å². The van der Waals surface area contributed by atoms with Crippen molar-refractivity contribution in [2.24, 2.45) is 0 Å². The Bertz CT molecular complexity index is 356. The summed E-state index contributed by atoms with van der Waals surface area (Å²) in [6.07, 6.45) is 9.02. The van der Waals surface area contributed by atoms with E-state index in [1.165, 1.54) is 12.4 Å². The van der Waals surface area contributed by atoms with E-state index in [2.05, 4.69) is 16.1 Å². The fourth-order valence-corrected chi connectivity index (χ4v) is 1.23. The Balaban J connectivity index is 2.77. The second-order valence-corrected chi connectivity index (χ2v) is 3.06. The highest BCUT2D eigenvalue weighted by molar-refractivity contribution is 5.93. The second-order valence-electron chi connectivity index (χ2n) is 3.06. The van der Waals surface area contributed by atoms with Gasteiger partial charge in [-0.3, -0.25) is 4.79 Å². The van der Waals surface area contributed by atoms with Crippen LogP contribution in [0.4, 0.5) is 0 Å². The van der Waals surface area contributed by atoms with E-state index in [0.717, 1.165) is 6.42 Å². The third-order valence-corrected chi connectivity index (χ3v) is 1.89. The first kappa shape index (κ1) is 11.2. The van der Waals surface area contributed by atoms with Crippen LogP contribution in [-0.2, 0) is 0 Å². The number of aromatic nitrogens is 2. The molecule has 0 aliphatic heterocycles. The molecule has 0 aliphatic rings. The smallest absolute Gasteiger partial charge is 0.256 e. The second kappa shape index (κ2) is 5.76. The lowest BCUT2D eigenvalue weighted by atomic mass is 10.2. The van der Waals surface area contributed by atoms with Crippen LogP contribution in [0.3, 0.4) is 0 Å². The van der Waals surface area contributed by atoms with Crippen LogP contribution >= 0.6 is 0 Å². The molecule has 0 unspecified atom stereocenters. The minimum atomic E-state index is -0.0929. The van der Waals surface area contributed by atoms with E-state index in [4.69, 9.17) is 6.42 Å². The van der Waals surface area contributed by atoms with E-state index >= 15 is 0 Å². The number of amides is 1. The summed E-state index contributed by atoms with van der Waals surface area (Å²) in [7, 11) is 0. The van der Waals surface area contributed by atoms with Crippen LogP contribution in [0.25, 0.3) is 0 Å². The number of rotatable bonds is 4. The SMILES string of the molecule is C#CCN(CCC)C(=O)c1ccnnc1. The zero-order valence-electron chi connectivity index (χ0n) is 8.68. The van der Waals surface area contributed by atoms with Gasteiger partial charge < -0.3 is 4.90 Å². The van der Waals surface area contributed by atoms with E-state index in [1.807, 2.05) is 6.92 Å². The van der Waals surface area contributed by atoms with Crippen molar-refractivity contribution in [3.63, 3.8) is 0 Å². The van der Waals surface area contributed by atoms with Crippen LogP contribution in [0.2, 0.25) is 0 Å². The molecular formula is C11H13N3O. The van der Waals surface area contributed by atoms with Crippen LogP contribution in [0.5, 0.6) is 0 Å². The summed E-state index contributed by atoms with van der Waals surface area (Å²) in [6.45, 7) is 2.99. The third-order valence-electron chi connectivity index (χ3n) is 1.89. The van der Waals surface area contributed by atoms with Crippen LogP contribution < -0.4 is 0 Å². The first-order chi connectivity index (χ1) is 7.29. The number of nitrogens with zero attached hydrogens (tertiary/aromatic N) is 3. The fraction of sp³-hybridized carbons (Fsp3) is 0.364. The molecule has 1 aromatic rings. The molecule has 1 aromatic heterocycles. The van der Waals surface area contributed by atoms with E-state index in [0.29, 0.717) is 18.7 Å². The van der Waals surface area contributed by atoms with E-state index in [1.54, 1.807) is 11.0 Å². The fourth-order valence-electron chi connectivity index (χ4n) is 1.23. The highest BCUT2D eigenvalue weighted by atomic mass is 16.2. The minimum Gasteiger partial charge on any atom is -0.327 e. The van der Waals surface area contributed by atoms with Gasteiger partial charge in [0.1, 0.15) is 0 Å². The summed E-state index contributed by atoms with van der Waals surface area (Å²) in [4.78, 5) is 13.5. The van der Waals surface area contributed by atoms with E-state index < -0.39 is 0 Å². The molecule has 78 valence electrons. The van der Waals surface area contributed by atoms with Crippen LogP contribution in [0.1, 0.15) is 23.7 Å². The number of hydrogen-bond donors (Lipinski definition) is 0. The highest BCUT2D eigenvalue weighted by Crippen LogP contribution is 2.02. The van der Waals surface area contributed by atoms with Gasteiger partial charge in [0.2, 0.25) is 0 Å². The summed E-state index contributed by atoms with van der Waals surface area (Å²) in [5.41, 5.74) is 0.522. The van der Waals surface area contributed by atoms with Crippen molar-refractivity contribution < 1.29 is 4.79 Å². The quantitative estimate of drug-likeness (QED) is 0.685. The zero-order chi connectivity index (χ0) is 11.1. The first-order valence-electron chi connectivity index (χ1n) is 4.79. The van der Waals surface area contributed by atoms with Gasteiger partial charge >= 0.3 is 0 Å². The van der Waals surface area contributed by atoms with Gasteiger partial charge in [0.25, 0.3) is 5.91 Å². The monoisotopic (exact) mass is 203 g/mol. The van der Waals surface area contributed by atoms with Gasteiger partial charge in [0.05, 0.1) is 24.5 Å². The molecule has 1 amide bonds. The molecule has 0 saturated heterocycles. The molecule has 0 spiro atoms. The molecule has 0 fully saturated rings. The van der Waals surface area contributed by atoms with E-state index in [9.17, 15) is 4.79 Å². The molecule has 0 aromatic carbocycles. The van der Waals surface area contributed by atoms with Crippen molar-refractivity contribution >= 4 is 5.91 Å². The third kappa shape index (κ3) is 3.06. The van der Waals surface area contributed by atoms with Gasteiger partial charge in [-0.2, -0.15) is 10.2 Å². The average molecular weight is 203 g/mol. The molecule has 4 nitrogen and oxygen atoms in total. The number of hydrogen-bond acceptors (Lipinski definition) is 3. The number of carbonyl (C=O) groups is 1. The van der Waals surface area contributed by atoms with Crippen molar-refractivity contribution in [3.8, 4) is 12.3 Å². The summed E-state index contributed by atoms with van der Waals surface area (Å²) in [5.74, 6) is 2.38. The summed E-state index contributed by atoms with van der Waals surface area (Å²) < 4.78 is 0. The average Bonchev–Trinajstić information content (AvgIpc) is 2.29. The van der Waals surface area contributed by atoms with Crippen molar-refractivity contribution in [1.82, 2.24) is 15.1 Å². The zero-order valence-corrected chi connectivity index (χ0v) is 8.68. The van der Waals surface area contributed by atoms with Crippen LogP contribution in [0, 0.1) is 12.3 Å². The minimum absolute atomic E-state index is 0.0929. The maximum absolute atomic E-state index is 11.9. The molecular weight excluding hydrogens is 190 g/mol. The Morgan fingerprint density at radius 3 is 2.93 bits per heavy atom. The Hall–Kier alpha value is -1.89. The summed E-state index contributed by atoms with van der Waals surface area (Å²) in [5, 5.41) is 7.28. The van der Waals surface area contributed by atoms with Crippen LogP contribution in [0.15, 0.2) is 18.5 Å². The molecule has 15 heavy (non-hydrogen) atoms. The van der Waals surface area contributed by atoms with Gasteiger partial charge in [0.15, 0.2) is 0 Å². The topological polar surface area (TPSA) is 46.1 Å². The van der Waals surface area contributed by atoms with Crippen molar-refractivity contribution in [3.05, 3.63) is 24.0 Å². The molecule has 0 N–H and O–H groups in total. The van der Waals surface area contributed by atoms with Gasteiger partial charge in [-0.05, 0) is 12.5 Å². The van der Waals surface area contributed by atoms with Crippen molar-refractivity contribution in [2.75, 3.05) is 13.1 Å². The predicted molar refractivity (Wildman–Crippen MR) is 57.1 cm³/mol. The maximum Gasteiger partial charge on any atom is 0.256 e. The summed E-state index contributed by atoms with van der Waals surface area (Å²) >= 11 is 0. The van der Waals surface area contributed by atoms with Gasteiger partial charge in [-0.25, -0.2) is 0 Å². The molecule has 1 heterocycles. The Morgan fingerprint density at radius 1 is 1.60 bits per heavy atom. The normalized spacial score (nSPS) is 9.33. The predicted octanol–water partition coefficient (Wildman–Crippen LogP) is 0.962. The Labute approximate surface area is 89.3 Å². The summed E-state index contributed by atoms with van der Waals surface area (Å²) in [6, 6.07) is 1.63.